The van der Waals surface area contributed by atoms with Gasteiger partial charge in [0.1, 0.15) is 0 Å². The smallest absolute Gasteiger partial charge is 0.270 e. The Morgan fingerprint density at radius 1 is 1.20 bits per heavy atom. The molecule has 2 rings (SSSR count). The Kier molecular flexibility index (Phi) is 4.39. The fraction of sp³-hybridized carbons (Fsp3) is 0.200. The van der Waals surface area contributed by atoms with Gasteiger partial charge in [-0.05, 0) is 52.5 Å². The fourth-order valence-electron chi connectivity index (χ4n) is 2.07. The quantitative estimate of drug-likeness (QED) is 0.657. The van der Waals surface area contributed by atoms with Crippen molar-refractivity contribution in [3.8, 4) is 0 Å². The molecule has 0 aliphatic heterocycles. The van der Waals surface area contributed by atoms with Gasteiger partial charge in [0, 0.05) is 28.8 Å². The van der Waals surface area contributed by atoms with Crippen LogP contribution < -0.4 is 5.32 Å². The first-order valence-corrected chi connectivity index (χ1v) is 7.01. The van der Waals surface area contributed by atoms with Crippen LogP contribution in [0.2, 0.25) is 0 Å². The van der Waals surface area contributed by atoms with E-state index in [1.807, 2.05) is 6.07 Å². The zero-order valence-corrected chi connectivity index (χ0v) is 12.9. The van der Waals surface area contributed by atoms with E-state index >= 15 is 0 Å². The molecule has 0 amide bonds. The van der Waals surface area contributed by atoms with Gasteiger partial charge in [0.2, 0.25) is 0 Å². The summed E-state index contributed by atoms with van der Waals surface area (Å²) in [6.45, 7) is 4.85. The highest BCUT2D eigenvalue weighted by molar-refractivity contribution is 9.10. The SMILES string of the molecule is Cc1cccc(C)c1CNc1ccc([N+](=O)[O-])cc1Br. The largest absolute Gasteiger partial charge is 0.380 e. The summed E-state index contributed by atoms with van der Waals surface area (Å²) in [5.41, 5.74) is 4.64. The molecule has 1 N–H and O–H groups in total. The second-order valence-electron chi connectivity index (χ2n) is 4.65. The molecular weight excluding hydrogens is 320 g/mol. The Labute approximate surface area is 126 Å². The van der Waals surface area contributed by atoms with Crippen molar-refractivity contribution in [1.82, 2.24) is 0 Å². The summed E-state index contributed by atoms with van der Waals surface area (Å²) < 4.78 is 0.693. The number of nitrogens with zero attached hydrogens (tertiary/aromatic N) is 1. The molecule has 20 heavy (non-hydrogen) atoms. The Hall–Kier alpha value is -1.88. The maximum absolute atomic E-state index is 10.7. The zero-order chi connectivity index (χ0) is 14.7. The van der Waals surface area contributed by atoms with E-state index in [0.717, 1.165) is 5.69 Å². The third-order valence-electron chi connectivity index (χ3n) is 3.26. The highest BCUT2D eigenvalue weighted by atomic mass is 79.9. The first-order chi connectivity index (χ1) is 9.49. The van der Waals surface area contributed by atoms with Gasteiger partial charge in [-0.2, -0.15) is 0 Å². The number of nitrogens with one attached hydrogen (secondary N) is 1. The second-order valence-corrected chi connectivity index (χ2v) is 5.50. The number of benzene rings is 2. The van der Waals surface area contributed by atoms with Crippen LogP contribution in [0.1, 0.15) is 16.7 Å². The number of anilines is 1. The predicted octanol–water partition coefficient (Wildman–Crippen LogP) is 4.59. The van der Waals surface area contributed by atoms with Gasteiger partial charge in [0.15, 0.2) is 0 Å². The Bertz CT molecular complexity index is 636. The average molecular weight is 335 g/mol. The molecule has 0 spiro atoms. The lowest BCUT2D eigenvalue weighted by Gasteiger charge is -2.13. The van der Waals surface area contributed by atoms with Crippen molar-refractivity contribution in [2.24, 2.45) is 0 Å². The molecule has 0 unspecified atom stereocenters. The summed E-state index contributed by atoms with van der Waals surface area (Å²) in [5, 5.41) is 14.0. The molecule has 2 aromatic carbocycles. The number of halogens is 1. The lowest BCUT2D eigenvalue weighted by molar-refractivity contribution is -0.384. The van der Waals surface area contributed by atoms with Crippen LogP contribution in [0.15, 0.2) is 40.9 Å². The summed E-state index contributed by atoms with van der Waals surface area (Å²) in [4.78, 5) is 10.3. The molecule has 0 aliphatic rings. The Balaban J connectivity index is 2.17. The summed E-state index contributed by atoms with van der Waals surface area (Å²) in [6, 6.07) is 10.9. The van der Waals surface area contributed by atoms with Crippen LogP contribution in [0.25, 0.3) is 0 Å². The molecule has 104 valence electrons. The van der Waals surface area contributed by atoms with Gasteiger partial charge in [-0.1, -0.05) is 18.2 Å². The summed E-state index contributed by atoms with van der Waals surface area (Å²) >= 11 is 3.36. The van der Waals surface area contributed by atoms with E-state index in [9.17, 15) is 10.1 Å². The minimum Gasteiger partial charge on any atom is -0.380 e. The van der Waals surface area contributed by atoms with Crippen molar-refractivity contribution < 1.29 is 4.92 Å². The minimum absolute atomic E-state index is 0.0782. The highest BCUT2D eigenvalue weighted by Crippen LogP contribution is 2.28. The molecule has 0 atom stereocenters. The van der Waals surface area contributed by atoms with Gasteiger partial charge in [-0.3, -0.25) is 10.1 Å². The van der Waals surface area contributed by atoms with Gasteiger partial charge >= 0.3 is 0 Å². The van der Waals surface area contributed by atoms with Crippen LogP contribution in [0, 0.1) is 24.0 Å². The molecule has 4 nitrogen and oxygen atoms in total. The van der Waals surface area contributed by atoms with Crippen LogP contribution in [-0.2, 0) is 6.54 Å². The predicted molar refractivity (Wildman–Crippen MR) is 84.0 cm³/mol. The van der Waals surface area contributed by atoms with Crippen molar-refractivity contribution in [3.63, 3.8) is 0 Å². The maximum atomic E-state index is 10.7. The van der Waals surface area contributed by atoms with E-state index < -0.39 is 4.92 Å². The van der Waals surface area contributed by atoms with E-state index in [-0.39, 0.29) is 5.69 Å². The standard InChI is InChI=1S/C15H15BrN2O2/c1-10-4-3-5-11(2)13(10)9-17-15-7-6-12(18(19)20)8-14(15)16/h3-8,17H,9H2,1-2H3. The molecule has 0 fully saturated rings. The Morgan fingerprint density at radius 2 is 1.85 bits per heavy atom. The fourth-order valence-corrected chi connectivity index (χ4v) is 2.58. The van der Waals surface area contributed by atoms with Crippen molar-refractivity contribution in [2.75, 3.05) is 5.32 Å². The molecule has 0 saturated heterocycles. The van der Waals surface area contributed by atoms with Crippen molar-refractivity contribution in [1.29, 1.82) is 0 Å². The summed E-state index contributed by atoms with van der Waals surface area (Å²) in [7, 11) is 0. The van der Waals surface area contributed by atoms with E-state index in [1.165, 1.54) is 28.8 Å². The van der Waals surface area contributed by atoms with Crippen LogP contribution in [0.5, 0.6) is 0 Å². The van der Waals surface area contributed by atoms with E-state index in [2.05, 4.69) is 47.2 Å². The molecule has 0 aliphatic carbocycles. The van der Waals surface area contributed by atoms with Crippen LogP contribution >= 0.6 is 15.9 Å². The number of non-ortho nitro benzene ring substituents is 1. The van der Waals surface area contributed by atoms with Crippen molar-refractivity contribution in [2.45, 2.75) is 20.4 Å². The maximum Gasteiger partial charge on any atom is 0.270 e. The highest BCUT2D eigenvalue weighted by Gasteiger charge is 2.09. The van der Waals surface area contributed by atoms with Crippen LogP contribution in [0.3, 0.4) is 0 Å². The van der Waals surface area contributed by atoms with Crippen molar-refractivity contribution in [3.05, 3.63) is 67.7 Å². The third-order valence-corrected chi connectivity index (χ3v) is 3.92. The monoisotopic (exact) mass is 334 g/mol. The molecule has 0 saturated carbocycles. The molecule has 5 heteroatoms. The number of nitro groups is 1. The first kappa shape index (κ1) is 14.5. The van der Waals surface area contributed by atoms with Gasteiger partial charge in [-0.15, -0.1) is 0 Å². The minimum atomic E-state index is -0.403. The normalized spacial score (nSPS) is 10.3. The molecule has 0 heterocycles. The lowest BCUT2D eigenvalue weighted by Crippen LogP contribution is -2.04. The number of nitro benzene ring substituents is 1. The summed E-state index contributed by atoms with van der Waals surface area (Å²) in [6.07, 6.45) is 0. The molecule has 0 bridgehead atoms. The van der Waals surface area contributed by atoms with Crippen LogP contribution in [0.4, 0.5) is 11.4 Å². The molecular formula is C15H15BrN2O2. The number of rotatable bonds is 4. The summed E-state index contributed by atoms with van der Waals surface area (Å²) in [5.74, 6) is 0. The van der Waals surface area contributed by atoms with Gasteiger partial charge in [0.25, 0.3) is 5.69 Å². The van der Waals surface area contributed by atoms with Crippen molar-refractivity contribution >= 4 is 27.3 Å². The first-order valence-electron chi connectivity index (χ1n) is 6.22. The Morgan fingerprint density at radius 3 is 2.40 bits per heavy atom. The molecule has 0 radical (unpaired) electrons. The van der Waals surface area contributed by atoms with Gasteiger partial charge < -0.3 is 5.32 Å². The number of hydrogen-bond acceptors (Lipinski definition) is 3. The van der Waals surface area contributed by atoms with E-state index in [1.54, 1.807) is 6.07 Å². The topological polar surface area (TPSA) is 55.2 Å². The lowest BCUT2D eigenvalue weighted by atomic mass is 10.0. The van der Waals surface area contributed by atoms with Gasteiger partial charge in [-0.25, -0.2) is 0 Å². The number of aryl methyl sites for hydroxylation is 2. The molecule has 0 aromatic heterocycles. The van der Waals surface area contributed by atoms with Crippen LogP contribution in [-0.4, -0.2) is 4.92 Å². The van der Waals surface area contributed by atoms with Gasteiger partial charge in [0.05, 0.1) is 4.92 Å². The van der Waals surface area contributed by atoms with E-state index in [4.69, 9.17) is 0 Å². The number of hydrogen-bond donors (Lipinski definition) is 1. The average Bonchev–Trinajstić information content (AvgIpc) is 2.39. The second kappa shape index (κ2) is 6.05. The zero-order valence-electron chi connectivity index (χ0n) is 11.3. The third kappa shape index (κ3) is 3.17. The van der Waals surface area contributed by atoms with E-state index in [0.29, 0.717) is 11.0 Å². The molecule has 2 aromatic rings.